The Labute approximate surface area is 202 Å². The molecule has 0 radical (unpaired) electrons. The summed E-state index contributed by atoms with van der Waals surface area (Å²) < 4.78 is 16.8. The lowest BCUT2D eigenvalue weighted by Gasteiger charge is -2.46. The molecule has 1 saturated heterocycles. The molecule has 5 heteroatoms. The minimum atomic E-state index is -0.213. The molecule has 1 aromatic heterocycles. The first-order valence-electron chi connectivity index (χ1n) is 12.0. The summed E-state index contributed by atoms with van der Waals surface area (Å²) in [6.45, 7) is 8.29. The van der Waals surface area contributed by atoms with Gasteiger partial charge in [-0.15, -0.1) is 0 Å². The Morgan fingerprint density at radius 2 is 1.79 bits per heavy atom. The smallest absolute Gasteiger partial charge is 0.289 e. The molecule has 0 N–H and O–H groups in total. The Morgan fingerprint density at radius 3 is 2.41 bits per heavy atom. The van der Waals surface area contributed by atoms with Gasteiger partial charge in [-0.25, -0.2) is 0 Å². The Balaban J connectivity index is 1.61. The molecule has 1 aliphatic heterocycles. The van der Waals surface area contributed by atoms with Crippen LogP contribution in [0.5, 0.6) is 5.75 Å². The van der Waals surface area contributed by atoms with Gasteiger partial charge in [0.15, 0.2) is 5.76 Å². The lowest BCUT2D eigenvalue weighted by atomic mass is 9.67. The maximum atomic E-state index is 13.4. The summed E-state index contributed by atoms with van der Waals surface area (Å²) in [5.74, 6) is 1.08. The molecule has 1 atom stereocenters. The third-order valence-corrected chi connectivity index (χ3v) is 6.91. The van der Waals surface area contributed by atoms with Gasteiger partial charge in [0.25, 0.3) is 5.91 Å². The molecule has 0 saturated carbocycles. The van der Waals surface area contributed by atoms with E-state index in [4.69, 9.17) is 13.9 Å². The average Bonchev–Trinajstić information content (AvgIpc) is 3.36. The second-order valence-electron chi connectivity index (χ2n) is 9.98. The van der Waals surface area contributed by atoms with Gasteiger partial charge in [0.2, 0.25) is 0 Å². The van der Waals surface area contributed by atoms with Crippen molar-refractivity contribution in [3.05, 3.63) is 89.4 Å². The van der Waals surface area contributed by atoms with Crippen LogP contribution in [0.2, 0.25) is 0 Å². The van der Waals surface area contributed by atoms with Crippen molar-refractivity contribution in [3.8, 4) is 5.75 Å². The number of nitrogens with zero attached hydrogens (tertiary/aromatic N) is 1. The molecule has 2 heterocycles. The Bertz CT molecular complexity index is 1070. The van der Waals surface area contributed by atoms with Crippen molar-refractivity contribution < 1.29 is 18.7 Å². The molecule has 1 amide bonds. The van der Waals surface area contributed by atoms with Gasteiger partial charge in [-0.05, 0) is 75.4 Å². The van der Waals surface area contributed by atoms with Crippen molar-refractivity contribution in [2.75, 3.05) is 20.3 Å². The molecule has 2 aromatic carbocycles. The highest BCUT2D eigenvalue weighted by atomic mass is 16.5. The van der Waals surface area contributed by atoms with Crippen molar-refractivity contribution in [2.45, 2.75) is 57.6 Å². The van der Waals surface area contributed by atoms with Gasteiger partial charge < -0.3 is 18.8 Å². The number of ether oxygens (including phenoxy) is 2. The van der Waals surface area contributed by atoms with Crippen LogP contribution in [0.4, 0.5) is 0 Å². The van der Waals surface area contributed by atoms with Crippen LogP contribution in [0.15, 0.2) is 71.3 Å². The summed E-state index contributed by atoms with van der Waals surface area (Å²) in [5.41, 5.74) is 3.35. The third-order valence-electron chi connectivity index (χ3n) is 6.91. The van der Waals surface area contributed by atoms with E-state index in [-0.39, 0.29) is 16.9 Å². The predicted molar refractivity (Wildman–Crippen MR) is 133 cm³/mol. The van der Waals surface area contributed by atoms with Crippen LogP contribution in [0.1, 0.15) is 60.4 Å². The minimum Gasteiger partial charge on any atom is -0.497 e. The van der Waals surface area contributed by atoms with Crippen molar-refractivity contribution in [2.24, 2.45) is 0 Å². The molecule has 34 heavy (non-hydrogen) atoms. The van der Waals surface area contributed by atoms with Crippen LogP contribution in [0.25, 0.3) is 0 Å². The first-order chi connectivity index (χ1) is 16.3. The summed E-state index contributed by atoms with van der Waals surface area (Å²) in [4.78, 5) is 15.3. The zero-order valence-corrected chi connectivity index (χ0v) is 20.7. The summed E-state index contributed by atoms with van der Waals surface area (Å²) in [6, 6.07) is 20.2. The molecule has 3 aromatic rings. The summed E-state index contributed by atoms with van der Waals surface area (Å²) in [7, 11) is 1.65. The highest BCUT2D eigenvalue weighted by Crippen LogP contribution is 2.44. The van der Waals surface area contributed by atoms with Crippen molar-refractivity contribution >= 4 is 5.91 Å². The van der Waals surface area contributed by atoms with E-state index in [1.165, 1.54) is 11.1 Å². The largest absolute Gasteiger partial charge is 0.497 e. The zero-order chi connectivity index (χ0) is 24.2. The molecule has 5 nitrogen and oxygen atoms in total. The number of amides is 1. The van der Waals surface area contributed by atoms with E-state index in [1.54, 1.807) is 25.5 Å². The van der Waals surface area contributed by atoms with E-state index in [2.05, 4.69) is 45.0 Å². The number of methoxy groups -OCH3 is 1. The van der Waals surface area contributed by atoms with Crippen LogP contribution in [-0.4, -0.2) is 36.7 Å². The maximum absolute atomic E-state index is 13.4. The molecule has 0 spiro atoms. The van der Waals surface area contributed by atoms with Crippen LogP contribution >= 0.6 is 0 Å². The Kier molecular flexibility index (Phi) is 7.13. The van der Waals surface area contributed by atoms with Gasteiger partial charge in [0.1, 0.15) is 5.75 Å². The number of hydrogen-bond acceptors (Lipinski definition) is 4. The molecule has 180 valence electrons. The minimum absolute atomic E-state index is 0.0585. The van der Waals surface area contributed by atoms with Crippen LogP contribution in [0.3, 0.4) is 0 Å². The van der Waals surface area contributed by atoms with Gasteiger partial charge in [-0.1, -0.05) is 42.0 Å². The predicted octanol–water partition coefficient (Wildman–Crippen LogP) is 6.16. The monoisotopic (exact) mass is 461 g/mol. The van der Waals surface area contributed by atoms with E-state index in [9.17, 15) is 4.79 Å². The second-order valence-corrected chi connectivity index (χ2v) is 9.98. The van der Waals surface area contributed by atoms with Gasteiger partial charge in [0.05, 0.1) is 19.0 Å². The molecular formula is C29H35NO4. The number of hydrogen-bond donors (Lipinski definition) is 0. The molecule has 0 aliphatic carbocycles. The van der Waals surface area contributed by atoms with Crippen LogP contribution in [0, 0.1) is 6.92 Å². The van der Waals surface area contributed by atoms with E-state index in [1.807, 2.05) is 29.2 Å². The second kappa shape index (κ2) is 10.1. The Hall–Kier alpha value is -3.05. The lowest BCUT2D eigenvalue weighted by Crippen LogP contribution is -2.46. The molecule has 0 unspecified atom stereocenters. The van der Waals surface area contributed by atoms with Crippen LogP contribution < -0.4 is 4.74 Å². The fourth-order valence-electron chi connectivity index (χ4n) is 5.10. The van der Waals surface area contributed by atoms with Crippen molar-refractivity contribution in [3.63, 3.8) is 0 Å². The number of aryl methyl sites for hydroxylation is 1. The Morgan fingerprint density at radius 1 is 1.06 bits per heavy atom. The van der Waals surface area contributed by atoms with Crippen molar-refractivity contribution in [1.29, 1.82) is 0 Å². The first kappa shape index (κ1) is 24.1. The number of carbonyl (C=O) groups excluding carboxylic acids is 1. The lowest BCUT2D eigenvalue weighted by molar-refractivity contribution is -0.0850. The third kappa shape index (κ3) is 5.53. The molecular weight excluding hydrogens is 426 g/mol. The topological polar surface area (TPSA) is 51.9 Å². The van der Waals surface area contributed by atoms with Crippen LogP contribution in [-0.2, 0) is 16.7 Å². The van der Waals surface area contributed by atoms with E-state index < -0.39 is 0 Å². The fraction of sp³-hybridized carbons (Fsp3) is 0.414. The van der Waals surface area contributed by atoms with Gasteiger partial charge >= 0.3 is 0 Å². The quantitative estimate of drug-likeness (QED) is 0.403. The number of benzene rings is 2. The molecule has 1 fully saturated rings. The average molecular weight is 462 g/mol. The SMILES string of the molecule is COc1ccc(CN(CC[C@]2(c3ccc(C)cc3)CCOC(C)(C)C2)C(=O)c2ccco2)cc1. The van der Waals surface area contributed by atoms with Gasteiger partial charge in [0, 0.05) is 25.1 Å². The standard InChI is InChI=1S/C29H35NO4/c1-22-7-11-24(12-8-22)29(16-19-34-28(2,3)21-29)15-17-30(27(31)26-6-5-18-33-26)20-23-9-13-25(32-4)14-10-23/h5-14,18H,15-17,19-21H2,1-4H3/t29-/m0/s1. The van der Waals surface area contributed by atoms with E-state index in [0.29, 0.717) is 25.5 Å². The molecule has 1 aliphatic rings. The van der Waals surface area contributed by atoms with E-state index in [0.717, 1.165) is 30.6 Å². The number of carbonyl (C=O) groups is 1. The van der Waals surface area contributed by atoms with E-state index >= 15 is 0 Å². The highest BCUT2D eigenvalue weighted by molar-refractivity contribution is 5.91. The van der Waals surface area contributed by atoms with Crippen molar-refractivity contribution in [1.82, 2.24) is 4.90 Å². The summed E-state index contributed by atoms with van der Waals surface area (Å²) >= 11 is 0. The zero-order valence-electron chi connectivity index (χ0n) is 20.7. The normalized spacial score (nSPS) is 19.5. The number of rotatable bonds is 8. The summed E-state index contributed by atoms with van der Waals surface area (Å²) in [6.07, 6.45) is 4.25. The highest BCUT2D eigenvalue weighted by Gasteiger charge is 2.42. The molecule has 4 rings (SSSR count). The maximum Gasteiger partial charge on any atom is 0.289 e. The van der Waals surface area contributed by atoms with Gasteiger partial charge in [-0.2, -0.15) is 0 Å². The number of furan rings is 1. The van der Waals surface area contributed by atoms with Gasteiger partial charge in [-0.3, -0.25) is 4.79 Å². The fourth-order valence-corrected chi connectivity index (χ4v) is 5.10. The first-order valence-corrected chi connectivity index (χ1v) is 12.0. The summed E-state index contributed by atoms with van der Waals surface area (Å²) in [5, 5.41) is 0. The molecule has 0 bridgehead atoms.